The van der Waals surface area contributed by atoms with E-state index in [0.29, 0.717) is 22.7 Å². The van der Waals surface area contributed by atoms with Gasteiger partial charge in [-0.05, 0) is 61.9 Å². The van der Waals surface area contributed by atoms with E-state index in [1.54, 1.807) is 18.3 Å². The molecule has 2 aliphatic heterocycles. The van der Waals surface area contributed by atoms with Crippen LogP contribution in [0, 0.1) is 12.7 Å². The number of hydrogen-bond donors (Lipinski definition) is 1. The van der Waals surface area contributed by atoms with Crippen molar-refractivity contribution in [2.24, 2.45) is 5.16 Å². The number of imidazole rings is 1. The lowest BCUT2D eigenvalue weighted by Gasteiger charge is -2.43. The number of amidine groups is 1. The number of methoxy groups -OCH3 is 1. The second-order valence-corrected chi connectivity index (χ2v) is 9.16. The van der Waals surface area contributed by atoms with Gasteiger partial charge >= 0.3 is 0 Å². The number of nitrogens with zero attached hydrogens (tertiary/aromatic N) is 4. The molecule has 0 bridgehead atoms. The van der Waals surface area contributed by atoms with Crippen molar-refractivity contribution in [2.75, 3.05) is 20.3 Å². The molecule has 2 atom stereocenters. The molecule has 2 unspecified atom stereocenters. The lowest BCUT2D eigenvalue weighted by Crippen LogP contribution is -2.56. The molecular formula is C26H26F2N4O3. The number of aromatic nitrogens is 2. The Labute approximate surface area is 201 Å². The van der Waals surface area contributed by atoms with E-state index < -0.39 is 23.8 Å². The molecule has 1 fully saturated rings. The second-order valence-electron chi connectivity index (χ2n) is 9.16. The molecule has 0 spiro atoms. The van der Waals surface area contributed by atoms with Gasteiger partial charge in [-0.1, -0.05) is 11.2 Å². The largest absolute Gasteiger partial charge is 0.495 e. The van der Waals surface area contributed by atoms with Crippen molar-refractivity contribution >= 4 is 11.9 Å². The van der Waals surface area contributed by atoms with Crippen LogP contribution in [0.15, 0.2) is 65.7 Å². The lowest BCUT2D eigenvalue weighted by molar-refractivity contribution is -0.146. The highest BCUT2D eigenvalue weighted by Crippen LogP contribution is 2.43. The van der Waals surface area contributed by atoms with Crippen molar-refractivity contribution in [1.82, 2.24) is 14.5 Å². The van der Waals surface area contributed by atoms with E-state index in [-0.39, 0.29) is 13.0 Å². The fraction of sp³-hybridized carbons (Fsp3) is 0.308. The number of hydrogen-bond acceptors (Lipinski definition) is 6. The summed E-state index contributed by atoms with van der Waals surface area (Å²) in [6, 6.07) is 11.3. The topological polar surface area (TPSA) is 72.1 Å². The van der Waals surface area contributed by atoms with E-state index in [9.17, 15) is 9.50 Å². The van der Waals surface area contributed by atoms with E-state index in [1.807, 2.05) is 42.0 Å². The third kappa shape index (κ3) is 4.05. The van der Waals surface area contributed by atoms with Crippen molar-refractivity contribution in [2.45, 2.75) is 31.7 Å². The summed E-state index contributed by atoms with van der Waals surface area (Å²) in [6.07, 6.45) is 5.57. The van der Waals surface area contributed by atoms with Gasteiger partial charge in [0, 0.05) is 23.8 Å². The highest BCUT2D eigenvalue weighted by atomic mass is 19.1. The van der Waals surface area contributed by atoms with Crippen molar-refractivity contribution in [1.29, 1.82) is 0 Å². The molecule has 0 aliphatic carbocycles. The van der Waals surface area contributed by atoms with Crippen molar-refractivity contribution < 1.29 is 23.5 Å². The van der Waals surface area contributed by atoms with Crippen LogP contribution in [0.2, 0.25) is 0 Å². The van der Waals surface area contributed by atoms with Crippen molar-refractivity contribution in [3.8, 4) is 11.4 Å². The predicted octanol–water partition coefficient (Wildman–Crippen LogP) is 4.33. The first-order valence-electron chi connectivity index (χ1n) is 11.2. The quantitative estimate of drug-likeness (QED) is 0.589. The van der Waals surface area contributed by atoms with Crippen LogP contribution in [0.4, 0.5) is 8.78 Å². The minimum absolute atomic E-state index is 0.0383. The van der Waals surface area contributed by atoms with Gasteiger partial charge in [-0.2, -0.15) is 0 Å². The second kappa shape index (κ2) is 8.49. The van der Waals surface area contributed by atoms with Crippen LogP contribution in [0.25, 0.3) is 11.8 Å². The van der Waals surface area contributed by atoms with Gasteiger partial charge in [0.1, 0.15) is 23.8 Å². The van der Waals surface area contributed by atoms with E-state index in [0.717, 1.165) is 16.9 Å². The average molecular weight is 481 g/mol. The number of fused-ring (bicyclic) bond motifs is 1. The number of halogens is 2. The molecule has 2 aromatic carbocycles. The third-order valence-corrected chi connectivity index (χ3v) is 6.35. The summed E-state index contributed by atoms with van der Waals surface area (Å²) >= 11 is 0. The Bertz CT molecular complexity index is 1320. The zero-order valence-electron chi connectivity index (χ0n) is 19.7. The van der Waals surface area contributed by atoms with Crippen molar-refractivity contribution in [3.63, 3.8) is 0 Å². The molecule has 35 heavy (non-hydrogen) atoms. The molecule has 0 radical (unpaired) electrons. The van der Waals surface area contributed by atoms with Gasteiger partial charge < -0.3 is 24.1 Å². The molecule has 1 aromatic heterocycles. The first-order chi connectivity index (χ1) is 16.7. The van der Waals surface area contributed by atoms with Gasteiger partial charge in [0.2, 0.25) is 0 Å². The molecule has 7 nitrogen and oxygen atoms in total. The van der Waals surface area contributed by atoms with Crippen molar-refractivity contribution in [3.05, 3.63) is 83.2 Å². The van der Waals surface area contributed by atoms with E-state index in [4.69, 9.17) is 9.57 Å². The number of ether oxygens (including phenoxy) is 1. The summed E-state index contributed by atoms with van der Waals surface area (Å²) in [4.78, 5) is 11.6. The zero-order chi connectivity index (χ0) is 24.8. The molecule has 2 aliphatic rings. The van der Waals surface area contributed by atoms with Gasteiger partial charge in [0.15, 0.2) is 5.84 Å². The summed E-state index contributed by atoms with van der Waals surface area (Å²) in [5, 5.41) is 14.6. The van der Waals surface area contributed by atoms with Crippen LogP contribution in [0.3, 0.4) is 0 Å². The molecule has 3 aromatic rings. The minimum atomic E-state index is -1.61. The minimum Gasteiger partial charge on any atom is -0.495 e. The van der Waals surface area contributed by atoms with Crippen LogP contribution >= 0.6 is 0 Å². The number of alkyl halides is 1. The van der Waals surface area contributed by atoms with E-state index in [2.05, 4.69) is 10.1 Å². The first kappa shape index (κ1) is 23.0. The number of piperidine rings is 1. The Morgan fingerprint density at radius 3 is 2.66 bits per heavy atom. The van der Waals surface area contributed by atoms with Gasteiger partial charge in [0.25, 0.3) is 5.72 Å². The number of aliphatic hydroxyl groups is 1. The molecule has 9 heteroatoms. The Hall–Kier alpha value is -3.72. The normalized spacial score (nSPS) is 24.8. The fourth-order valence-electron chi connectivity index (χ4n) is 4.68. The highest BCUT2D eigenvalue weighted by molar-refractivity contribution is 6.04. The summed E-state index contributed by atoms with van der Waals surface area (Å²) in [5.74, 6) is 0.651. The summed E-state index contributed by atoms with van der Waals surface area (Å²) in [7, 11) is 1.59. The predicted molar refractivity (Wildman–Crippen MR) is 127 cm³/mol. The fourth-order valence-corrected chi connectivity index (χ4v) is 4.68. The van der Waals surface area contributed by atoms with Crippen LogP contribution in [-0.4, -0.2) is 51.3 Å². The SMILES string of the molecule is COc1cc(C=C2CC(C)(F)CN3C2=NOC3(CO)c2ccc(F)cc2)ccc1-n1cnc(C)c1. The first-order valence-corrected chi connectivity index (χ1v) is 11.2. The summed E-state index contributed by atoms with van der Waals surface area (Å²) < 4.78 is 36.6. The summed E-state index contributed by atoms with van der Waals surface area (Å²) in [5.41, 5.74) is 0.559. The van der Waals surface area contributed by atoms with Crippen LogP contribution < -0.4 is 4.74 Å². The molecule has 5 rings (SSSR count). The number of aryl methyl sites for hydroxylation is 1. The molecule has 3 heterocycles. The third-order valence-electron chi connectivity index (χ3n) is 6.35. The molecule has 0 amide bonds. The van der Waals surface area contributed by atoms with Gasteiger partial charge in [-0.25, -0.2) is 13.8 Å². The van der Waals surface area contributed by atoms with Gasteiger partial charge in [-0.15, -0.1) is 0 Å². The Morgan fingerprint density at radius 2 is 2.00 bits per heavy atom. The highest BCUT2D eigenvalue weighted by Gasteiger charge is 2.53. The number of oxime groups is 1. The Balaban J connectivity index is 1.53. The zero-order valence-corrected chi connectivity index (χ0v) is 19.7. The number of benzene rings is 2. The van der Waals surface area contributed by atoms with Gasteiger partial charge in [0.05, 0.1) is 31.4 Å². The number of rotatable bonds is 5. The molecule has 1 N–H and O–H groups in total. The monoisotopic (exact) mass is 480 g/mol. The van der Waals surface area contributed by atoms with Crippen LogP contribution in [-0.2, 0) is 10.6 Å². The maximum Gasteiger partial charge on any atom is 0.260 e. The standard InChI is InChI=1S/C26H26F2N4O3/c1-17-13-31(16-29-17)22-9-4-18(11-23(22)34-3)10-19-12-25(2,28)14-32-24(19)30-35-26(32,15-33)20-5-7-21(27)8-6-20/h4-11,13,16,33H,12,14-15H2,1-3H3. The van der Waals surface area contributed by atoms with Crippen LogP contribution in [0.1, 0.15) is 30.2 Å². The van der Waals surface area contributed by atoms with E-state index in [1.165, 1.54) is 31.2 Å². The maximum absolute atomic E-state index is 15.6. The Morgan fingerprint density at radius 1 is 1.23 bits per heavy atom. The molecule has 182 valence electrons. The van der Waals surface area contributed by atoms with Gasteiger partial charge in [-0.3, -0.25) is 0 Å². The lowest BCUT2D eigenvalue weighted by atomic mass is 9.87. The number of aliphatic hydroxyl groups excluding tert-OH is 1. The van der Waals surface area contributed by atoms with Crippen LogP contribution in [0.5, 0.6) is 5.75 Å². The Kier molecular flexibility index (Phi) is 5.59. The van der Waals surface area contributed by atoms with E-state index >= 15 is 4.39 Å². The smallest absolute Gasteiger partial charge is 0.260 e. The average Bonchev–Trinajstić information content (AvgIpc) is 3.43. The molecule has 1 saturated heterocycles. The molecular weight excluding hydrogens is 454 g/mol. The molecule has 0 saturated carbocycles. The maximum atomic E-state index is 15.6. The summed E-state index contributed by atoms with van der Waals surface area (Å²) in [6.45, 7) is 2.90.